The van der Waals surface area contributed by atoms with Crippen LogP contribution in [0.5, 0.6) is 0 Å². The fourth-order valence-electron chi connectivity index (χ4n) is 3.70. The minimum Gasteiger partial charge on any atom is -0.376 e. The van der Waals surface area contributed by atoms with Crippen molar-refractivity contribution in [2.45, 2.75) is 26.1 Å². The summed E-state index contributed by atoms with van der Waals surface area (Å²) in [7, 11) is 0. The molecule has 1 heterocycles. The third-order valence-corrected chi connectivity index (χ3v) is 5.84. The predicted octanol–water partition coefficient (Wildman–Crippen LogP) is 5.27. The van der Waals surface area contributed by atoms with Crippen molar-refractivity contribution in [3.63, 3.8) is 0 Å². The van der Waals surface area contributed by atoms with Crippen LogP contribution in [-0.4, -0.2) is 13.2 Å². The quantitative estimate of drug-likeness (QED) is 0.542. The van der Waals surface area contributed by atoms with Gasteiger partial charge in [-0.2, -0.15) is 11.3 Å². The van der Waals surface area contributed by atoms with Gasteiger partial charge in [0.15, 0.2) is 0 Å². The van der Waals surface area contributed by atoms with Gasteiger partial charge in [-0.15, -0.1) is 0 Å². The highest BCUT2D eigenvalue weighted by Gasteiger charge is 2.38. The molecule has 0 N–H and O–H groups in total. The Hall–Kier alpha value is -1.94. The molecule has 0 radical (unpaired) electrons. The Balaban J connectivity index is 1.37. The highest BCUT2D eigenvalue weighted by atomic mass is 32.1. The lowest BCUT2D eigenvalue weighted by Crippen LogP contribution is -2.33. The summed E-state index contributed by atoms with van der Waals surface area (Å²) in [5.41, 5.74) is 5.45. The number of ether oxygens (including phenoxy) is 2. The molecule has 3 aromatic rings. The Morgan fingerprint density at radius 3 is 1.62 bits per heavy atom. The van der Waals surface area contributed by atoms with E-state index in [0.717, 1.165) is 26.1 Å². The van der Waals surface area contributed by atoms with Crippen LogP contribution < -0.4 is 0 Å². The molecule has 26 heavy (non-hydrogen) atoms. The fraction of sp³-hybridized carbons (Fsp3) is 0.304. The van der Waals surface area contributed by atoms with Gasteiger partial charge >= 0.3 is 0 Å². The van der Waals surface area contributed by atoms with Crippen molar-refractivity contribution >= 4 is 11.3 Å². The molecule has 1 aliphatic rings. The maximum Gasteiger partial charge on any atom is 0.0717 e. The first-order valence-electron chi connectivity index (χ1n) is 9.10. The summed E-state index contributed by atoms with van der Waals surface area (Å²) in [5, 5.41) is 4.57. The van der Waals surface area contributed by atoms with Crippen molar-refractivity contribution in [1.82, 2.24) is 0 Å². The third-order valence-electron chi connectivity index (χ3n) is 5.00. The molecule has 3 heteroatoms. The van der Waals surface area contributed by atoms with E-state index in [1.54, 1.807) is 11.3 Å². The smallest absolute Gasteiger partial charge is 0.0717 e. The summed E-state index contributed by atoms with van der Waals surface area (Å²) in [5.74, 6) is 0. The number of hydrogen-bond donors (Lipinski definition) is 0. The first-order valence-corrected chi connectivity index (χ1v) is 10.0. The van der Waals surface area contributed by atoms with Gasteiger partial charge < -0.3 is 9.47 Å². The average molecular weight is 365 g/mol. The van der Waals surface area contributed by atoms with E-state index in [1.807, 2.05) is 12.1 Å². The van der Waals surface area contributed by atoms with Crippen molar-refractivity contribution in [2.75, 3.05) is 13.2 Å². The molecule has 4 rings (SSSR count). The highest BCUT2D eigenvalue weighted by molar-refractivity contribution is 7.08. The lowest BCUT2D eigenvalue weighted by Gasteiger charge is -2.29. The van der Waals surface area contributed by atoms with E-state index >= 15 is 0 Å². The molecule has 0 atom stereocenters. The Morgan fingerprint density at radius 1 is 0.692 bits per heavy atom. The average Bonchev–Trinajstić information content (AvgIpc) is 3.23. The van der Waals surface area contributed by atoms with E-state index in [4.69, 9.17) is 9.47 Å². The molecule has 0 aliphatic heterocycles. The van der Waals surface area contributed by atoms with Gasteiger partial charge in [0.25, 0.3) is 0 Å². The zero-order valence-corrected chi connectivity index (χ0v) is 15.7. The number of thiophene rings is 1. The molecule has 0 saturated heterocycles. The van der Waals surface area contributed by atoms with E-state index in [0.29, 0.717) is 13.2 Å². The zero-order valence-electron chi connectivity index (χ0n) is 14.9. The Morgan fingerprint density at radius 2 is 1.15 bits per heavy atom. The van der Waals surface area contributed by atoms with Crippen LogP contribution in [0.4, 0.5) is 0 Å². The van der Waals surface area contributed by atoms with Crippen molar-refractivity contribution in [2.24, 2.45) is 5.41 Å². The Bertz CT molecular complexity index is 742. The fourth-order valence-corrected chi connectivity index (χ4v) is 4.56. The van der Waals surface area contributed by atoms with Crippen LogP contribution in [0.15, 0.2) is 71.4 Å². The zero-order chi connectivity index (χ0) is 17.7. The van der Waals surface area contributed by atoms with Gasteiger partial charge in [0.2, 0.25) is 0 Å². The lowest BCUT2D eigenvalue weighted by atomic mass is 9.86. The van der Waals surface area contributed by atoms with Crippen LogP contribution in [0.2, 0.25) is 0 Å². The van der Waals surface area contributed by atoms with E-state index in [2.05, 4.69) is 59.3 Å². The van der Waals surface area contributed by atoms with E-state index in [-0.39, 0.29) is 5.41 Å². The summed E-state index contributed by atoms with van der Waals surface area (Å²) in [6.07, 6.45) is 2.10. The highest BCUT2D eigenvalue weighted by Crippen LogP contribution is 2.39. The number of hydrogen-bond acceptors (Lipinski definition) is 3. The normalized spacial score (nSPS) is 15.1. The molecule has 2 aromatic carbocycles. The van der Waals surface area contributed by atoms with Crippen LogP contribution in [0.25, 0.3) is 0 Å². The number of rotatable bonds is 8. The molecule has 1 aromatic heterocycles. The third kappa shape index (κ3) is 4.24. The number of fused-ring (bicyclic) bond motifs is 1. The first-order chi connectivity index (χ1) is 12.8. The molecule has 0 amide bonds. The molecular formula is C23H24O2S. The number of benzene rings is 2. The summed E-state index contributed by atoms with van der Waals surface area (Å²) in [6, 6.07) is 20.8. The summed E-state index contributed by atoms with van der Waals surface area (Å²) >= 11 is 1.80. The second-order valence-corrected chi connectivity index (χ2v) is 7.98. The molecule has 134 valence electrons. The summed E-state index contributed by atoms with van der Waals surface area (Å²) in [4.78, 5) is 0. The van der Waals surface area contributed by atoms with Crippen molar-refractivity contribution < 1.29 is 9.47 Å². The minimum absolute atomic E-state index is 0.0577. The van der Waals surface area contributed by atoms with Crippen LogP contribution in [0.1, 0.15) is 22.3 Å². The molecule has 0 saturated carbocycles. The molecular weight excluding hydrogens is 340 g/mol. The summed E-state index contributed by atoms with van der Waals surface area (Å²) in [6.45, 7) is 2.79. The molecule has 2 nitrogen and oxygen atoms in total. The topological polar surface area (TPSA) is 18.5 Å². The van der Waals surface area contributed by atoms with Gasteiger partial charge in [0.1, 0.15) is 0 Å². The Labute approximate surface area is 159 Å². The molecule has 1 aliphatic carbocycles. The largest absolute Gasteiger partial charge is 0.376 e. The molecule has 0 bridgehead atoms. The molecule has 0 spiro atoms. The maximum atomic E-state index is 6.13. The van der Waals surface area contributed by atoms with Crippen LogP contribution in [0, 0.1) is 5.41 Å². The van der Waals surface area contributed by atoms with Crippen molar-refractivity contribution in [3.05, 3.63) is 93.7 Å². The second kappa shape index (κ2) is 8.17. The molecule has 0 unspecified atom stereocenters. The molecule has 0 fully saturated rings. The van der Waals surface area contributed by atoms with Gasteiger partial charge in [-0.3, -0.25) is 0 Å². The standard InChI is InChI=1S/C23H24O2S/c1-3-7-19(8-4-1)13-24-17-23(11-21-15-26-16-22(21)12-23)18-25-14-20-9-5-2-6-10-20/h1-10,15-16H,11-14,17-18H2. The van der Waals surface area contributed by atoms with Crippen LogP contribution in [0.3, 0.4) is 0 Å². The van der Waals surface area contributed by atoms with E-state index in [9.17, 15) is 0 Å². The van der Waals surface area contributed by atoms with Gasteiger partial charge in [0, 0.05) is 5.41 Å². The van der Waals surface area contributed by atoms with Crippen molar-refractivity contribution in [3.8, 4) is 0 Å². The predicted molar refractivity (Wildman–Crippen MR) is 106 cm³/mol. The van der Waals surface area contributed by atoms with Crippen LogP contribution >= 0.6 is 11.3 Å². The van der Waals surface area contributed by atoms with Crippen molar-refractivity contribution in [1.29, 1.82) is 0 Å². The monoisotopic (exact) mass is 364 g/mol. The lowest BCUT2D eigenvalue weighted by molar-refractivity contribution is -0.0280. The maximum absolute atomic E-state index is 6.13. The minimum atomic E-state index is 0.0577. The van der Waals surface area contributed by atoms with Gasteiger partial charge in [-0.1, -0.05) is 60.7 Å². The van der Waals surface area contributed by atoms with E-state index < -0.39 is 0 Å². The van der Waals surface area contributed by atoms with Crippen LogP contribution in [-0.2, 0) is 35.5 Å². The first kappa shape index (κ1) is 17.5. The van der Waals surface area contributed by atoms with Gasteiger partial charge in [-0.05, 0) is 45.9 Å². The van der Waals surface area contributed by atoms with Gasteiger partial charge in [-0.25, -0.2) is 0 Å². The summed E-state index contributed by atoms with van der Waals surface area (Å²) < 4.78 is 12.3. The second-order valence-electron chi connectivity index (χ2n) is 7.23. The van der Waals surface area contributed by atoms with Gasteiger partial charge in [0.05, 0.1) is 26.4 Å². The van der Waals surface area contributed by atoms with E-state index in [1.165, 1.54) is 22.3 Å². The SMILES string of the molecule is c1ccc(COCC2(COCc3ccccc3)Cc3cscc3C2)cc1. The Kier molecular flexibility index (Phi) is 5.49.